The van der Waals surface area contributed by atoms with E-state index in [1.54, 1.807) is 13.8 Å². The fourth-order valence-corrected chi connectivity index (χ4v) is 0.761. The van der Waals surface area contributed by atoms with Gasteiger partial charge in [0.15, 0.2) is 0 Å². The van der Waals surface area contributed by atoms with Gasteiger partial charge in [0, 0.05) is 13.1 Å². The summed E-state index contributed by atoms with van der Waals surface area (Å²) in [6, 6.07) is 0. The lowest BCUT2D eigenvalue weighted by Gasteiger charge is -2.17. The molecule has 12 heavy (non-hydrogen) atoms. The smallest absolute Gasteiger partial charge is 0.0715 e. The van der Waals surface area contributed by atoms with Gasteiger partial charge in [0.1, 0.15) is 0 Å². The minimum absolute atomic E-state index is 0.286. The number of hydrogen-bond donors (Lipinski definition) is 2. The number of rotatable bonds is 6. The summed E-state index contributed by atoms with van der Waals surface area (Å²) < 4.78 is 5.31. The van der Waals surface area contributed by atoms with Crippen molar-refractivity contribution in [2.24, 2.45) is 0 Å². The van der Waals surface area contributed by atoms with Gasteiger partial charge in [-0.05, 0) is 27.7 Å². The summed E-state index contributed by atoms with van der Waals surface area (Å²) in [6.07, 6.45) is 0.286. The zero-order valence-corrected chi connectivity index (χ0v) is 8.55. The topological polar surface area (TPSA) is 41.5 Å². The van der Waals surface area contributed by atoms with Crippen LogP contribution in [0.5, 0.6) is 0 Å². The fraction of sp³-hybridized carbons (Fsp3) is 1.00. The van der Waals surface area contributed by atoms with E-state index in [-0.39, 0.29) is 6.10 Å². The summed E-state index contributed by atoms with van der Waals surface area (Å²) >= 11 is 0. The molecule has 0 aliphatic rings. The van der Waals surface area contributed by atoms with Crippen LogP contribution in [-0.4, -0.2) is 36.5 Å². The highest BCUT2D eigenvalue weighted by Crippen LogP contribution is 1.96. The standard InChI is InChI=1S/C9H21NO2/c1-8(2)12-6-5-10-7-9(3,4)11/h8,10-11H,5-7H2,1-4H3. The predicted molar refractivity (Wildman–Crippen MR) is 50.3 cm³/mol. The highest BCUT2D eigenvalue weighted by molar-refractivity contribution is 4.67. The van der Waals surface area contributed by atoms with Gasteiger partial charge in [-0.15, -0.1) is 0 Å². The monoisotopic (exact) mass is 175 g/mol. The fourth-order valence-electron chi connectivity index (χ4n) is 0.761. The Morgan fingerprint density at radius 3 is 2.42 bits per heavy atom. The van der Waals surface area contributed by atoms with Gasteiger partial charge >= 0.3 is 0 Å². The minimum atomic E-state index is -0.627. The van der Waals surface area contributed by atoms with Gasteiger partial charge in [0.25, 0.3) is 0 Å². The molecule has 0 amide bonds. The molecular weight excluding hydrogens is 154 g/mol. The highest BCUT2D eigenvalue weighted by Gasteiger charge is 2.10. The van der Waals surface area contributed by atoms with Crippen molar-refractivity contribution in [1.82, 2.24) is 5.32 Å². The molecule has 3 heteroatoms. The molecule has 0 rings (SSSR count). The normalized spacial score (nSPS) is 12.5. The van der Waals surface area contributed by atoms with Crippen molar-refractivity contribution in [3.63, 3.8) is 0 Å². The number of nitrogens with one attached hydrogen (secondary N) is 1. The summed E-state index contributed by atoms with van der Waals surface area (Å²) in [5, 5.41) is 12.4. The molecule has 0 spiro atoms. The van der Waals surface area contributed by atoms with Crippen LogP contribution in [0.3, 0.4) is 0 Å². The first-order valence-electron chi connectivity index (χ1n) is 4.46. The molecule has 0 atom stereocenters. The second-order valence-electron chi connectivity index (χ2n) is 3.91. The zero-order chi connectivity index (χ0) is 9.61. The maximum absolute atomic E-state index is 9.32. The van der Waals surface area contributed by atoms with E-state index in [4.69, 9.17) is 4.74 Å². The SMILES string of the molecule is CC(C)OCCNCC(C)(C)O. The highest BCUT2D eigenvalue weighted by atomic mass is 16.5. The van der Waals surface area contributed by atoms with E-state index in [1.807, 2.05) is 13.8 Å². The van der Waals surface area contributed by atoms with Crippen LogP contribution in [0.2, 0.25) is 0 Å². The van der Waals surface area contributed by atoms with Crippen LogP contribution < -0.4 is 5.32 Å². The zero-order valence-electron chi connectivity index (χ0n) is 8.55. The van der Waals surface area contributed by atoms with Crippen LogP contribution in [0.4, 0.5) is 0 Å². The van der Waals surface area contributed by atoms with Gasteiger partial charge in [-0.2, -0.15) is 0 Å². The van der Waals surface area contributed by atoms with Crippen molar-refractivity contribution in [1.29, 1.82) is 0 Å². The molecule has 0 saturated heterocycles. The molecule has 74 valence electrons. The van der Waals surface area contributed by atoms with E-state index in [2.05, 4.69) is 5.32 Å². The molecule has 0 radical (unpaired) electrons. The van der Waals surface area contributed by atoms with Gasteiger partial charge in [0.2, 0.25) is 0 Å². The van der Waals surface area contributed by atoms with Crippen molar-refractivity contribution in [3.8, 4) is 0 Å². The van der Waals surface area contributed by atoms with Gasteiger partial charge in [-0.3, -0.25) is 0 Å². The molecule has 0 fully saturated rings. The quantitative estimate of drug-likeness (QED) is 0.586. The van der Waals surface area contributed by atoms with Gasteiger partial charge in [0.05, 0.1) is 18.3 Å². The second-order valence-corrected chi connectivity index (χ2v) is 3.91. The lowest BCUT2D eigenvalue weighted by molar-refractivity contribution is 0.0626. The number of hydrogen-bond acceptors (Lipinski definition) is 3. The lowest BCUT2D eigenvalue weighted by atomic mass is 10.1. The third kappa shape index (κ3) is 9.88. The lowest BCUT2D eigenvalue weighted by Crippen LogP contribution is -2.36. The van der Waals surface area contributed by atoms with Gasteiger partial charge in [-0.1, -0.05) is 0 Å². The molecule has 0 aromatic heterocycles. The predicted octanol–water partition coefficient (Wildman–Crippen LogP) is 0.772. The molecule has 0 aliphatic carbocycles. The molecule has 0 unspecified atom stereocenters. The van der Waals surface area contributed by atoms with Crippen LogP contribution in [0.1, 0.15) is 27.7 Å². The van der Waals surface area contributed by atoms with Crippen LogP contribution in [0.25, 0.3) is 0 Å². The van der Waals surface area contributed by atoms with Crippen molar-refractivity contribution in [2.45, 2.75) is 39.4 Å². The molecular formula is C9H21NO2. The third-order valence-corrected chi connectivity index (χ3v) is 1.29. The van der Waals surface area contributed by atoms with Crippen molar-refractivity contribution in [3.05, 3.63) is 0 Å². The Labute approximate surface area is 75.1 Å². The molecule has 2 N–H and O–H groups in total. The van der Waals surface area contributed by atoms with Gasteiger partial charge in [-0.25, -0.2) is 0 Å². The van der Waals surface area contributed by atoms with Crippen molar-refractivity contribution in [2.75, 3.05) is 19.7 Å². The summed E-state index contributed by atoms with van der Waals surface area (Å²) in [5.41, 5.74) is -0.627. The van der Waals surface area contributed by atoms with E-state index in [0.29, 0.717) is 13.2 Å². The number of aliphatic hydroxyl groups is 1. The second kappa shape index (κ2) is 5.51. The van der Waals surface area contributed by atoms with E-state index < -0.39 is 5.60 Å². The first kappa shape index (κ1) is 11.9. The van der Waals surface area contributed by atoms with Crippen LogP contribution in [0.15, 0.2) is 0 Å². The Morgan fingerprint density at radius 1 is 1.42 bits per heavy atom. The molecule has 0 heterocycles. The first-order valence-corrected chi connectivity index (χ1v) is 4.46. The van der Waals surface area contributed by atoms with Crippen LogP contribution in [-0.2, 0) is 4.74 Å². The first-order chi connectivity index (χ1) is 5.42. The average Bonchev–Trinajstić information content (AvgIpc) is 1.83. The molecule has 0 saturated carbocycles. The Bertz CT molecular complexity index is 108. The van der Waals surface area contributed by atoms with Crippen LogP contribution in [0, 0.1) is 0 Å². The molecule has 0 aliphatic heterocycles. The number of ether oxygens (including phenoxy) is 1. The molecule has 3 nitrogen and oxygen atoms in total. The summed E-state index contributed by atoms with van der Waals surface area (Å²) in [5.74, 6) is 0. The van der Waals surface area contributed by atoms with E-state index in [0.717, 1.165) is 6.54 Å². The third-order valence-electron chi connectivity index (χ3n) is 1.29. The minimum Gasteiger partial charge on any atom is -0.389 e. The Hall–Kier alpha value is -0.120. The molecule has 0 bridgehead atoms. The average molecular weight is 175 g/mol. The maximum Gasteiger partial charge on any atom is 0.0715 e. The Morgan fingerprint density at radius 2 is 2.00 bits per heavy atom. The van der Waals surface area contributed by atoms with Gasteiger partial charge < -0.3 is 15.2 Å². The maximum atomic E-state index is 9.32. The molecule has 0 aromatic carbocycles. The van der Waals surface area contributed by atoms with Crippen molar-refractivity contribution >= 4 is 0 Å². The van der Waals surface area contributed by atoms with E-state index in [1.165, 1.54) is 0 Å². The summed E-state index contributed by atoms with van der Waals surface area (Å²) in [7, 11) is 0. The Balaban J connectivity index is 3.12. The Kier molecular flexibility index (Phi) is 5.46. The summed E-state index contributed by atoms with van der Waals surface area (Å²) in [6.45, 7) is 9.68. The van der Waals surface area contributed by atoms with Crippen LogP contribution >= 0.6 is 0 Å². The van der Waals surface area contributed by atoms with E-state index in [9.17, 15) is 5.11 Å². The molecule has 0 aromatic rings. The van der Waals surface area contributed by atoms with E-state index >= 15 is 0 Å². The largest absolute Gasteiger partial charge is 0.389 e. The summed E-state index contributed by atoms with van der Waals surface area (Å²) in [4.78, 5) is 0. The van der Waals surface area contributed by atoms with Crippen molar-refractivity contribution < 1.29 is 9.84 Å².